The van der Waals surface area contributed by atoms with E-state index >= 15 is 0 Å². The Hall–Kier alpha value is -2.08. The zero-order chi connectivity index (χ0) is 17.1. The van der Waals surface area contributed by atoms with E-state index in [1.165, 1.54) is 0 Å². The zero-order valence-corrected chi connectivity index (χ0v) is 14.4. The van der Waals surface area contributed by atoms with Gasteiger partial charge in [-0.05, 0) is 49.6 Å². The molecule has 0 bridgehead atoms. The molecule has 0 aliphatic carbocycles. The Labute approximate surface area is 145 Å². The summed E-state index contributed by atoms with van der Waals surface area (Å²) in [7, 11) is 0. The number of nitrogens with zero attached hydrogens (tertiary/aromatic N) is 2. The average Bonchev–Trinajstić information content (AvgIpc) is 2.83. The molecule has 0 radical (unpaired) electrons. The van der Waals surface area contributed by atoms with E-state index in [0.29, 0.717) is 11.4 Å². The number of thioether (sulfide) groups is 1. The third kappa shape index (κ3) is 3.53. The van der Waals surface area contributed by atoms with E-state index in [1.54, 1.807) is 11.0 Å². The van der Waals surface area contributed by atoms with Crippen LogP contribution < -0.4 is 0 Å². The molecule has 0 spiro atoms. The van der Waals surface area contributed by atoms with Crippen molar-refractivity contribution < 1.29 is 14.4 Å². The van der Waals surface area contributed by atoms with E-state index in [4.69, 9.17) is 0 Å². The molecule has 2 aliphatic heterocycles. The molecule has 0 unspecified atom stereocenters. The van der Waals surface area contributed by atoms with E-state index in [0.717, 1.165) is 41.5 Å². The largest absolute Gasteiger partial charge is 0.338 e. The Bertz CT molecular complexity index is 687. The van der Waals surface area contributed by atoms with Gasteiger partial charge in [0.15, 0.2) is 0 Å². The van der Waals surface area contributed by atoms with Gasteiger partial charge in [-0.3, -0.25) is 19.3 Å². The van der Waals surface area contributed by atoms with Gasteiger partial charge in [0, 0.05) is 12.6 Å². The molecule has 0 saturated carbocycles. The highest BCUT2D eigenvalue weighted by Crippen LogP contribution is 2.32. The fourth-order valence-corrected chi connectivity index (χ4v) is 3.87. The maximum atomic E-state index is 12.5. The lowest BCUT2D eigenvalue weighted by Gasteiger charge is -2.34. The Morgan fingerprint density at radius 2 is 2.00 bits per heavy atom. The van der Waals surface area contributed by atoms with E-state index < -0.39 is 0 Å². The fourth-order valence-electron chi connectivity index (χ4n) is 3.03. The predicted molar refractivity (Wildman–Crippen MR) is 94.1 cm³/mol. The average molecular weight is 344 g/mol. The van der Waals surface area contributed by atoms with Crippen LogP contribution in [0.3, 0.4) is 0 Å². The summed E-state index contributed by atoms with van der Waals surface area (Å²) < 4.78 is 0. The van der Waals surface area contributed by atoms with Crippen molar-refractivity contribution in [2.24, 2.45) is 0 Å². The molecule has 24 heavy (non-hydrogen) atoms. The molecule has 0 aromatic heterocycles. The molecule has 2 saturated heterocycles. The third-order valence-corrected chi connectivity index (χ3v) is 5.30. The van der Waals surface area contributed by atoms with Gasteiger partial charge in [-0.1, -0.05) is 30.3 Å². The van der Waals surface area contributed by atoms with Crippen LogP contribution in [0.1, 0.15) is 31.7 Å². The quantitative estimate of drug-likeness (QED) is 0.791. The molecule has 2 fully saturated rings. The minimum atomic E-state index is -0.383. The second-order valence-electron chi connectivity index (χ2n) is 6.11. The molecular weight excluding hydrogens is 324 g/mol. The highest BCUT2D eigenvalue weighted by Gasteiger charge is 2.37. The molecule has 2 heterocycles. The van der Waals surface area contributed by atoms with Crippen molar-refractivity contribution in [1.82, 2.24) is 9.80 Å². The number of benzene rings is 1. The van der Waals surface area contributed by atoms with Gasteiger partial charge in [0.25, 0.3) is 11.1 Å². The number of amides is 3. The van der Waals surface area contributed by atoms with Crippen molar-refractivity contribution in [3.05, 3.63) is 40.8 Å². The maximum Gasteiger partial charge on any atom is 0.294 e. The molecule has 0 N–H and O–H groups in total. The molecular formula is C18H20N2O3S. The minimum Gasteiger partial charge on any atom is -0.338 e. The van der Waals surface area contributed by atoms with E-state index in [-0.39, 0.29) is 29.6 Å². The molecule has 3 amide bonds. The lowest BCUT2D eigenvalue weighted by Crippen LogP contribution is -2.47. The van der Waals surface area contributed by atoms with Gasteiger partial charge in [0.2, 0.25) is 5.91 Å². The smallest absolute Gasteiger partial charge is 0.294 e. The molecule has 1 aromatic carbocycles. The summed E-state index contributed by atoms with van der Waals surface area (Å²) in [6, 6.07) is 9.55. The van der Waals surface area contributed by atoms with Crippen molar-refractivity contribution >= 4 is 34.9 Å². The summed E-state index contributed by atoms with van der Waals surface area (Å²) in [6.07, 6.45) is 4.76. The highest BCUT2D eigenvalue weighted by atomic mass is 32.2. The van der Waals surface area contributed by atoms with Gasteiger partial charge in [0.05, 0.1) is 4.91 Å². The fraction of sp³-hybridized carbons (Fsp3) is 0.389. The van der Waals surface area contributed by atoms with Crippen LogP contribution in [-0.2, 0) is 9.59 Å². The first-order chi connectivity index (χ1) is 11.6. The number of hydrogen-bond donors (Lipinski definition) is 0. The first kappa shape index (κ1) is 16.8. The topological polar surface area (TPSA) is 57.7 Å². The standard InChI is InChI=1S/C18H20N2O3S/c1-13-7-5-6-10-19(13)16(21)12-20-17(22)15(24-18(20)23)11-14-8-3-2-4-9-14/h2-4,8-9,11,13H,5-7,10,12H2,1H3/b15-11-/t13-/m1/s1. The third-order valence-electron chi connectivity index (χ3n) is 4.39. The molecule has 2 aliphatic rings. The van der Waals surface area contributed by atoms with Crippen LogP contribution in [0.5, 0.6) is 0 Å². The Balaban J connectivity index is 1.70. The second-order valence-corrected chi connectivity index (χ2v) is 7.10. The van der Waals surface area contributed by atoms with Gasteiger partial charge in [0.1, 0.15) is 6.54 Å². The SMILES string of the molecule is C[C@@H]1CCCCN1C(=O)CN1C(=O)S/C(=C\c2ccccc2)C1=O. The lowest BCUT2D eigenvalue weighted by molar-refractivity contribution is -0.138. The highest BCUT2D eigenvalue weighted by molar-refractivity contribution is 8.18. The molecule has 3 rings (SSSR count). The van der Waals surface area contributed by atoms with Crippen LogP contribution in [0.25, 0.3) is 6.08 Å². The van der Waals surface area contributed by atoms with Gasteiger partial charge >= 0.3 is 0 Å². The van der Waals surface area contributed by atoms with Gasteiger partial charge < -0.3 is 4.90 Å². The van der Waals surface area contributed by atoms with Crippen molar-refractivity contribution in [3.63, 3.8) is 0 Å². The Morgan fingerprint density at radius 3 is 2.71 bits per heavy atom. The van der Waals surface area contributed by atoms with Crippen LogP contribution in [0.15, 0.2) is 35.2 Å². The van der Waals surface area contributed by atoms with Crippen molar-refractivity contribution in [2.45, 2.75) is 32.2 Å². The number of hydrogen-bond acceptors (Lipinski definition) is 4. The van der Waals surface area contributed by atoms with Crippen LogP contribution >= 0.6 is 11.8 Å². The van der Waals surface area contributed by atoms with E-state index in [9.17, 15) is 14.4 Å². The number of rotatable bonds is 3. The Morgan fingerprint density at radius 1 is 1.25 bits per heavy atom. The van der Waals surface area contributed by atoms with Gasteiger partial charge in [-0.25, -0.2) is 0 Å². The van der Waals surface area contributed by atoms with Crippen LogP contribution in [0.4, 0.5) is 4.79 Å². The summed E-state index contributed by atoms with van der Waals surface area (Å²) in [5.74, 6) is -0.530. The first-order valence-electron chi connectivity index (χ1n) is 8.16. The molecule has 1 atom stereocenters. The monoisotopic (exact) mass is 344 g/mol. The number of imide groups is 1. The van der Waals surface area contributed by atoms with Crippen molar-refractivity contribution in [3.8, 4) is 0 Å². The first-order valence-corrected chi connectivity index (χ1v) is 8.98. The molecule has 5 nitrogen and oxygen atoms in total. The second kappa shape index (κ2) is 7.21. The molecule has 126 valence electrons. The summed E-state index contributed by atoms with van der Waals surface area (Å²) in [4.78, 5) is 40.3. The summed E-state index contributed by atoms with van der Waals surface area (Å²) in [5.41, 5.74) is 0.860. The summed E-state index contributed by atoms with van der Waals surface area (Å²) in [5, 5.41) is -0.375. The van der Waals surface area contributed by atoms with Crippen LogP contribution in [-0.4, -0.2) is 46.0 Å². The predicted octanol–water partition coefficient (Wildman–Crippen LogP) is 3.12. The number of likely N-dealkylation sites (tertiary alicyclic amines) is 1. The minimum absolute atomic E-state index is 0.148. The summed E-state index contributed by atoms with van der Waals surface area (Å²) in [6.45, 7) is 2.55. The number of carbonyl (C=O) groups excluding carboxylic acids is 3. The number of carbonyl (C=O) groups is 3. The molecule has 1 aromatic rings. The Kier molecular flexibility index (Phi) is 5.04. The lowest BCUT2D eigenvalue weighted by atomic mass is 10.0. The molecule has 6 heteroatoms. The van der Waals surface area contributed by atoms with E-state index in [2.05, 4.69) is 0 Å². The van der Waals surface area contributed by atoms with Crippen molar-refractivity contribution in [2.75, 3.05) is 13.1 Å². The van der Waals surface area contributed by atoms with Crippen molar-refractivity contribution in [1.29, 1.82) is 0 Å². The normalized spacial score (nSPS) is 23.2. The van der Waals surface area contributed by atoms with Gasteiger partial charge in [-0.15, -0.1) is 0 Å². The number of piperidine rings is 1. The zero-order valence-electron chi connectivity index (χ0n) is 13.6. The van der Waals surface area contributed by atoms with E-state index in [1.807, 2.05) is 37.3 Å². The summed E-state index contributed by atoms with van der Waals surface area (Å²) >= 11 is 0.894. The maximum absolute atomic E-state index is 12.5. The van der Waals surface area contributed by atoms with Crippen LogP contribution in [0.2, 0.25) is 0 Å². The van der Waals surface area contributed by atoms with Gasteiger partial charge in [-0.2, -0.15) is 0 Å². The van der Waals surface area contributed by atoms with Crippen LogP contribution in [0, 0.1) is 0 Å².